The number of likely N-dealkylation sites (N-methyl/N-ethyl adjacent to an activating group) is 1. The zero-order chi connectivity index (χ0) is 11.0. The molecule has 0 fully saturated rings. The summed E-state index contributed by atoms with van der Waals surface area (Å²) in [4.78, 5) is 12.3. The lowest BCUT2D eigenvalue weighted by Crippen LogP contribution is -2.29. The second-order valence-corrected chi connectivity index (χ2v) is 3.88. The second-order valence-electron chi connectivity index (χ2n) is 3.10. The molecule has 0 saturated heterocycles. The predicted molar refractivity (Wildman–Crippen MR) is 63.5 cm³/mol. The van der Waals surface area contributed by atoms with Crippen LogP contribution in [-0.4, -0.2) is 29.7 Å². The van der Waals surface area contributed by atoms with Crippen LogP contribution in [0.25, 0.3) is 0 Å². The fourth-order valence-electron chi connectivity index (χ4n) is 0.588. The number of carbonyl (C=O) groups excluding carboxylic acids is 1. The van der Waals surface area contributed by atoms with Gasteiger partial charge in [0.1, 0.15) is 0 Å². The Morgan fingerprint density at radius 1 is 1.07 bits per heavy atom. The van der Waals surface area contributed by atoms with Gasteiger partial charge < -0.3 is 0 Å². The summed E-state index contributed by atoms with van der Waals surface area (Å²) in [6.07, 6.45) is 0. The van der Waals surface area contributed by atoms with E-state index >= 15 is 0 Å². The van der Waals surface area contributed by atoms with Gasteiger partial charge in [-0.3, -0.25) is 9.69 Å². The van der Waals surface area contributed by atoms with Crippen molar-refractivity contribution >= 4 is 20.6 Å². The molecule has 0 amide bonds. The van der Waals surface area contributed by atoms with E-state index in [1.807, 2.05) is 62.3 Å². The normalized spacial score (nSPS) is 11.5. The lowest BCUT2D eigenvalue weighted by molar-refractivity contribution is -0.113. The van der Waals surface area contributed by atoms with Crippen LogP contribution in [0.2, 0.25) is 0 Å². The topological polar surface area (TPSA) is 20.3 Å². The van der Waals surface area contributed by atoms with Crippen molar-refractivity contribution in [3.05, 3.63) is 36.4 Å². The molecule has 1 unspecified atom stereocenters. The Labute approximate surface area is 94.1 Å². The molecule has 0 heterocycles. The number of hydrogen-bond acceptors (Lipinski definition) is 2. The van der Waals surface area contributed by atoms with Crippen molar-refractivity contribution in [1.29, 1.82) is 0 Å². The lowest BCUT2D eigenvalue weighted by atomic mass is 10.4. The minimum Gasteiger partial charge on any atom is -0.299 e. The fourth-order valence-corrected chi connectivity index (χ4v) is 0.997. The maximum atomic E-state index is 10.5. The molecule has 0 bridgehead atoms. The van der Waals surface area contributed by atoms with Gasteiger partial charge in [-0.1, -0.05) is 36.4 Å². The van der Waals surface area contributed by atoms with Gasteiger partial charge in [-0.15, -0.1) is 0 Å². The molecule has 0 aliphatic heterocycles. The van der Waals surface area contributed by atoms with Crippen molar-refractivity contribution in [2.24, 2.45) is 0 Å². The molecule has 1 aromatic rings. The SMILES string of the molecule is CC(C(=O)Br)N(C)C.c1ccccc1. The Morgan fingerprint density at radius 3 is 1.43 bits per heavy atom. The molecule has 1 rings (SSSR count). The highest BCUT2D eigenvalue weighted by Crippen LogP contribution is 1.97. The zero-order valence-electron chi connectivity index (χ0n) is 8.77. The van der Waals surface area contributed by atoms with Gasteiger partial charge in [0.15, 0.2) is 0 Å². The minimum atomic E-state index is -0.0185. The van der Waals surface area contributed by atoms with Gasteiger partial charge in [0, 0.05) is 0 Å². The molecule has 78 valence electrons. The summed E-state index contributed by atoms with van der Waals surface area (Å²) in [6.45, 7) is 1.84. The van der Waals surface area contributed by atoms with E-state index in [1.54, 1.807) is 0 Å². The van der Waals surface area contributed by atoms with Gasteiger partial charge in [0.05, 0.1) is 6.04 Å². The summed E-state index contributed by atoms with van der Waals surface area (Å²) in [5, 5.41) is 0. The number of rotatable bonds is 2. The summed E-state index contributed by atoms with van der Waals surface area (Å²) in [5.41, 5.74) is 0. The van der Waals surface area contributed by atoms with Crippen LogP contribution in [0, 0.1) is 0 Å². The number of benzene rings is 1. The summed E-state index contributed by atoms with van der Waals surface area (Å²) in [6, 6.07) is 12.0. The first kappa shape index (κ1) is 13.3. The highest BCUT2D eigenvalue weighted by atomic mass is 79.9. The Bertz CT molecular complexity index is 222. The molecule has 1 atom stereocenters. The van der Waals surface area contributed by atoms with Gasteiger partial charge in [-0.25, -0.2) is 0 Å². The zero-order valence-corrected chi connectivity index (χ0v) is 10.4. The lowest BCUT2D eigenvalue weighted by Gasteiger charge is -2.14. The Kier molecular flexibility index (Phi) is 7.34. The molecular formula is C11H16BrNO. The maximum Gasteiger partial charge on any atom is 0.214 e. The molecule has 0 aromatic heterocycles. The van der Waals surface area contributed by atoms with E-state index in [-0.39, 0.29) is 10.7 Å². The van der Waals surface area contributed by atoms with Crippen LogP contribution in [0.1, 0.15) is 6.92 Å². The Morgan fingerprint density at radius 2 is 1.36 bits per heavy atom. The van der Waals surface area contributed by atoms with Crippen molar-refractivity contribution in [3.63, 3.8) is 0 Å². The monoisotopic (exact) mass is 257 g/mol. The molecule has 0 spiro atoms. The van der Waals surface area contributed by atoms with E-state index in [4.69, 9.17) is 0 Å². The third-order valence-corrected chi connectivity index (χ3v) is 2.43. The molecule has 0 N–H and O–H groups in total. The van der Waals surface area contributed by atoms with E-state index in [2.05, 4.69) is 15.9 Å². The van der Waals surface area contributed by atoms with Gasteiger partial charge in [0.2, 0.25) is 4.69 Å². The average molecular weight is 258 g/mol. The molecule has 0 radical (unpaired) electrons. The summed E-state index contributed by atoms with van der Waals surface area (Å²) >= 11 is 2.86. The van der Waals surface area contributed by atoms with Crippen LogP contribution < -0.4 is 0 Å². The van der Waals surface area contributed by atoms with Crippen LogP contribution >= 0.6 is 15.9 Å². The third-order valence-electron chi connectivity index (χ3n) is 1.77. The van der Waals surface area contributed by atoms with Gasteiger partial charge in [0.25, 0.3) is 0 Å². The molecule has 0 aliphatic rings. The quantitative estimate of drug-likeness (QED) is 0.760. The number of hydrogen-bond donors (Lipinski definition) is 0. The van der Waals surface area contributed by atoms with Crippen LogP contribution in [0.15, 0.2) is 36.4 Å². The first-order valence-corrected chi connectivity index (χ1v) is 5.20. The van der Waals surface area contributed by atoms with Crippen molar-refractivity contribution in [2.75, 3.05) is 14.1 Å². The van der Waals surface area contributed by atoms with E-state index in [9.17, 15) is 4.79 Å². The van der Waals surface area contributed by atoms with Crippen LogP contribution in [0.4, 0.5) is 0 Å². The van der Waals surface area contributed by atoms with E-state index in [0.717, 1.165) is 0 Å². The standard InChI is InChI=1S/C6H6.C5H10BrNO/c1-2-4-6-5-3-1;1-4(5(6)8)7(2)3/h1-6H;4H,1-3H3. The van der Waals surface area contributed by atoms with Crippen LogP contribution in [0.5, 0.6) is 0 Å². The molecule has 0 aliphatic carbocycles. The Balaban J connectivity index is 0.000000249. The number of halogens is 1. The third kappa shape index (κ3) is 6.80. The molecule has 2 nitrogen and oxygen atoms in total. The summed E-state index contributed by atoms with van der Waals surface area (Å²) in [5.74, 6) is 0. The van der Waals surface area contributed by atoms with Crippen molar-refractivity contribution < 1.29 is 4.79 Å². The maximum absolute atomic E-state index is 10.5. The van der Waals surface area contributed by atoms with E-state index < -0.39 is 0 Å². The van der Waals surface area contributed by atoms with E-state index in [0.29, 0.717) is 0 Å². The summed E-state index contributed by atoms with van der Waals surface area (Å²) < 4.78 is 0.0301. The predicted octanol–water partition coefficient (Wildman–Crippen LogP) is 2.54. The fraction of sp³-hybridized carbons (Fsp3) is 0.364. The van der Waals surface area contributed by atoms with E-state index in [1.165, 1.54) is 0 Å². The van der Waals surface area contributed by atoms with Crippen molar-refractivity contribution in [3.8, 4) is 0 Å². The van der Waals surface area contributed by atoms with Crippen molar-refractivity contribution in [2.45, 2.75) is 13.0 Å². The largest absolute Gasteiger partial charge is 0.299 e. The number of nitrogens with zero attached hydrogens (tertiary/aromatic N) is 1. The average Bonchev–Trinajstić information content (AvgIpc) is 2.20. The smallest absolute Gasteiger partial charge is 0.214 e. The molecule has 3 heteroatoms. The van der Waals surface area contributed by atoms with Gasteiger partial charge >= 0.3 is 0 Å². The first-order valence-electron chi connectivity index (χ1n) is 4.41. The molecular weight excluding hydrogens is 242 g/mol. The molecule has 1 aromatic carbocycles. The number of carbonyl (C=O) groups is 1. The van der Waals surface area contributed by atoms with Crippen LogP contribution in [-0.2, 0) is 4.79 Å². The van der Waals surface area contributed by atoms with Crippen LogP contribution in [0.3, 0.4) is 0 Å². The first-order chi connectivity index (χ1) is 6.55. The van der Waals surface area contributed by atoms with Gasteiger partial charge in [-0.2, -0.15) is 0 Å². The highest BCUT2D eigenvalue weighted by Gasteiger charge is 2.09. The summed E-state index contributed by atoms with van der Waals surface area (Å²) in [7, 11) is 3.73. The second kappa shape index (κ2) is 7.71. The van der Waals surface area contributed by atoms with Gasteiger partial charge in [-0.05, 0) is 36.9 Å². The van der Waals surface area contributed by atoms with Crippen molar-refractivity contribution in [1.82, 2.24) is 4.90 Å². The Hall–Kier alpha value is -0.670. The molecule has 0 saturated carbocycles. The minimum absolute atomic E-state index is 0.0185. The highest BCUT2D eigenvalue weighted by molar-refractivity contribution is 9.18. The molecule has 14 heavy (non-hydrogen) atoms.